The molecule has 0 spiro atoms. The van der Waals surface area contributed by atoms with Gasteiger partial charge in [0.05, 0.1) is 0 Å². The van der Waals surface area contributed by atoms with Gasteiger partial charge in [0.15, 0.2) is 17.5 Å². The fraction of sp³-hybridized carbons (Fsp3) is 0.364. The summed E-state index contributed by atoms with van der Waals surface area (Å²) in [5, 5.41) is 0. The maximum Gasteiger partial charge on any atom is 0.254 e. The Morgan fingerprint density at radius 2 is 1.78 bits per heavy atom. The third-order valence-electron chi connectivity index (χ3n) is 2.55. The Kier molecular flexibility index (Phi) is 6.14. The van der Waals surface area contributed by atoms with Crippen LogP contribution in [0.4, 0.5) is 13.2 Å². The second kappa shape index (κ2) is 6.61. The Morgan fingerprint density at radius 3 is 2.17 bits per heavy atom. The molecule has 0 radical (unpaired) electrons. The minimum absolute atomic E-state index is 0. The monoisotopic (exact) mass is 282 g/mol. The van der Waals surface area contributed by atoms with Crippen molar-refractivity contribution in [1.29, 1.82) is 0 Å². The number of halogens is 4. The number of amides is 1. The number of likely N-dealkylation sites (N-methyl/N-ethyl adjacent to an activating group) is 1. The van der Waals surface area contributed by atoms with Crippen molar-refractivity contribution in [3.8, 4) is 0 Å². The van der Waals surface area contributed by atoms with E-state index in [2.05, 4.69) is 0 Å². The predicted molar refractivity (Wildman–Crippen MR) is 64.2 cm³/mol. The molecule has 0 aromatic heterocycles. The van der Waals surface area contributed by atoms with E-state index in [0.29, 0.717) is 12.1 Å². The standard InChI is InChI=1S/C11H13F3N2O.ClH/c1-6(5-15)16(2)11(17)7-3-8(12)10(14)9(13)4-7;/h3-4,6H,5,15H2,1-2H3;1H. The topological polar surface area (TPSA) is 46.3 Å². The summed E-state index contributed by atoms with van der Waals surface area (Å²) < 4.78 is 38.6. The molecule has 0 saturated carbocycles. The zero-order chi connectivity index (χ0) is 13.2. The first-order chi connectivity index (χ1) is 7.88. The first-order valence-electron chi connectivity index (χ1n) is 5.00. The molecular weight excluding hydrogens is 269 g/mol. The normalized spacial score (nSPS) is 11.7. The van der Waals surface area contributed by atoms with Crippen LogP contribution >= 0.6 is 12.4 Å². The average Bonchev–Trinajstić information content (AvgIpc) is 2.32. The first kappa shape index (κ1) is 16.7. The molecule has 0 fully saturated rings. The summed E-state index contributed by atoms with van der Waals surface area (Å²) in [7, 11) is 1.46. The fourth-order valence-corrected chi connectivity index (χ4v) is 1.24. The van der Waals surface area contributed by atoms with Gasteiger partial charge in [0.1, 0.15) is 0 Å². The van der Waals surface area contributed by atoms with E-state index < -0.39 is 23.4 Å². The van der Waals surface area contributed by atoms with Crippen molar-refractivity contribution in [1.82, 2.24) is 4.90 Å². The first-order valence-corrected chi connectivity index (χ1v) is 5.00. The van der Waals surface area contributed by atoms with Crippen LogP contribution in [0.15, 0.2) is 12.1 Å². The van der Waals surface area contributed by atoms with E-state index >= 15 is 0 Å². The van der Waals surface area contributed by atoms with Crippen molar-refractivity contribution in [3.63, 3.8) is 0 Å². The Hall–Kier alpha value is -1.27. The molecule has 18 heavy (non-hydrogen) atoms. The molecule has 1 aromatic rings. The molecule has 0 heterocycles. The largest absolute Gasteiger partial charge is 0.338 e. The highest BCUT2D eigenvalue weighted by Gasteiger charge is 2.20. The molecule has 0 bridgehead atoms. The fourth-order valence-electron chi connectivity index (χ4n) is 1.24. The zero-order valence-electron chi connectivity index (χ0n) is 9.91. The number of hydrogen-bond acceptors (Lipinski definition) is 2. The summed E-state index contributed by atoms with van der Waals surface area (Å²) in [6.45, 7) is 1.91. The van der Waals surface area contributed by atoms with Crippen LogP contribution in [0.3, 0.4) is 0 Å². The summed E-state index contributed by atoms with van der Waals surface area (Å²) >= 11 is 0. The van der Waals surface area contributed by atoms with Gasteiger partial charge in [-0.1, -0.05) is 0 Å². The molecule has 1 rings (SSSR count). The lowest BCUT2D eigenvalue weighted by Crippen LogP contribution is -2.39. The molecule has 102 valence electrons. The van der Waals surface area contributed by atoms with Crippen molar-refractivity contribution >= 4 is 18.3 Å². The van der Waals surface area contributed by atoms with Crippen molar-refractivity contribution in [2.45, 2.75) is 13.0 Å². The number of rotatable bonds is 3. The van der Waals surface area contributed by atoms with Crippen LogP contribution in [-0.2, 0) is 0 Å². The molecule has 0 aliphatic rings. The summed E-state index contributed by atoms with van der Waals surface area (Å²) in [6.07, 6.45) is 0. The van der Waals surface area contributed by atoms with E-state index in [1.807, 2.05) is 0 Å². The van der Waals surface area contributed by atoms with Gasteiger partial charge in [-0.15, -0.1) is 12.4 Å². The van der Waals surface area contributed by atoms with E-state index in [1.165, 1.54) is 11.9 Å². The van der Waals surface area contributed by atoms with Crippen LogP contribution < -0.4 is 5.73 Å². The van der Waals surface area contributed by atoms with Crippen molar-refractivity contribution in [2.24, 2.45) is 5.73 Å². The molecule has 0 saturated heterocycles. The van der Waals surface area contributed by atoms with Crippen LogP contribution in [0.25, 0.3) is 0 Å². The number of carbonyl (C=O) groups excluding carboxylic acids is 1. The summed E-state index contributed by atoms with van der Waals surface area (Å²) in [4.78, 5) is 13.0. The van der Waals surface area contributed by atoms with Gasteiger partial charge < -0.3 is 10.6 Å². The van der Waals surface area contributed by atoms with Crippen LogP contribution in [0.2, 0.25) is 0 Å². The quantitative estimate of drug-likeness (QED) is 0.861. The number of hydrogen-bond donors (Lipinski definition) is 1. The number of nitrogens with zero attached hydrogens (tertiary/aromatic N) is 1. The molecule has 1 aromatic carbocycles. The van der Waals surface area contributed by atoms with Crippen LogP contribution in [0, 0.1) is 17.5 Å². The average molecular weight is 283 g/mol. The third kappa shape index (κ3) is 3.36. The van der Waals surface area contributed by atoms with Crippen molar-refractivity contribution in [3.05, 3.63) is 35.1 Å². The molecule has 1 atom stereocenters. The SMILES string of the molecule is CC(CN)N(C)C(=O)c1cc(F)c(F)c(F)c1.Cl. The molecule has 0 aliphatic heterocycles. The maximum atomic E-state index is 12.9. The zero-order valence-corrected chi connectivity index (χ0v) is 10.7. The highest BCUT2D eigenvalue weighted by Crippen LogP contribution is 2.15. The molecule has 3 nitrogen and oxygen atoms in total. The van der Waals surface area contributed by atoms with Crippen molar-refractivity contribution in [2.75, 3.05) is 13.6 Å². The predicted octanol–water partition coefficient (Wildman–Crippen LogP) is 1.94. The van der Waals surface area contributed by atoms with E-state index in [0.717, 1.165) is 0 Å². The van der Waals surface area contributed by atoms with E-state index in [-0.39, 0.29) is 30.6 Å². The molecular formula is C11H14ClF3N2O. The summed E-state index contributed by atoms with van der Waals surface area (Å²) in [5.41, 5.74) is 5.12. The second-order valence-corrected chi connectivity index (χ2v) is 3.75. The van der Waals surface area contributed by atoms with Crippen LogP contribution in [0.1, 0.15) is 17.3 Å². The van der Waals surface area contributed by atoms with Gasteiger partial charge in [-0.25, -0.2) is 13.2 Å². The smallest absolute Gasteiger partial charge is 0.254 e. The minimum atomic E-state index is -1.59. The Labute approximate surface area is 109 Å². The highest BCUT2D eigenvalue weighted by atomic mass is 35.5. The lowest BCUT2D eigenvalue weighted by atomic mass is 10.1. The third-order valence-corrected chi connectivity index (χ3v) is 2.55. The molecule has 2 N–H and O–H groups in total. The van der Waals surface area contributed by atoms with Gasteiger partial charge in [0, 0.05) is 25.2 Å². The molecule has 0 aliphatic carbocycles. The Bertz CT molecular complexity index is 419. The second-order valence-electron chi connectivity index (χ2n) is 3.75. The number of benzene rings is 1. The van der Waals surface area contributed by atoms with E-state index in [4.69, 9.17) is 5.73 Å². The Balaban J connectivity index is 0.00000289. The van der Waals surface area contributed by atoms with Gasteiger partial charge >= 0.3 is 0 Å². The van der Waals surface area contributed by atoms with E-state index in [9.17, 15) is 18.0 Å². The van der Waals surface area contributed by atoms with Crippen molar-refractivity contribution < 1.29 is 18.0 Å². The molecule has 1 unspecified atom stereocenters. The highest BCUT2D eigenvalue weighted by molar-refractivity contribution is 5.94. The Morgan fingerprint density at radius 1 is 1.33 bits per heavy atom. The lowest BCUT2D eigenvalue weighted by molar-refractivity contribution is 0.0747. The van der Waals surface area contributed by atoms with Crippen LogP contribution in [-0.4, -0.2) is 30.4 Å². The summed E-state index contributed by atoms with van der Waals surface area (Å²) in [5.74, 6) is -4.97. The lowest BCUT2D eigenvalue weighted by Gasteiger charge is -2.23. The molecule has 7 heteroatoms. The van der Waals surface area contributed by atoms with Gasteiger partial charge in [-0.2, -0.15) is 0 Å². The summed E-state index contributed by atoms with van der Waals surface area (Å²) in [6, 6.07) is 1.06. The molecule has 1 amide bonds. The van der Waals surface area contributed by atoms with Gasteiger partial charge in [-0.05, 0) is 19.1 Å². The van der Waals surface area contributed by atoms with Gasteiger partial charge in [0.25, 0.3) is 5.91 Å². The van der Waals surface area contributed by atoms with E-state index in [1.54, 1.807) is 6.92 Å². The maximum absolute atomic E-state index is 12.9. The number of nitrogens with two attached hydrogens (primary N) is 1. The minimum Gasteiger partial charge on any atom is -0.338 e. The van der Waals surface area contributed by atoms with Crippen LogP contribution in [0.5, 0.6) is 0 Å². The van der Waals surface area contributed by atoms with Gasteiger partial charge in [-0.3, -0.25) is 4.79 Å². The number of carbonyl (C=O) groups is 1. The van der Waals surface area contributed by atoms with Gasteiger partial charge in [0.2, 0.25) is 0 Å².